The molecular formula is C23H24O2. The van der Waals surface area contributed by atoms with E-state index in [4.69, 9.17) is 4.74 Å². The molecule has 0 spiro atoms. The van der Waals surface area contributed by atoms with Crippen LogP contribution in [-0.2, 0) is 16.1 Å². The second-order valence-electron chi connectivity index (χ2n) is 7.41. The van der Waals surface area contributed by atoms with Gasteiger partial charge < -0.3 is 4.74 Å². The van der Waals surface area contributed by atoms with Crippen LogP contribution >= 0.6 is 0 Å². The van der Waals surface area contributed by atoms with E-state index in [1.165, 1.54) is 12.0 Å². The fourth-order valence-corrected chi connectivity index (χ4v) is 4.54. The lowest BCUT2D eigenvalue weighted by Crippen LogP contribution is -2.29. The minimum atomic E-state index is -0.102. The van der Waals surface area contributed by atoms with E-state index in [9.17, 15) is 4.79 Å². The third kappa shape index (κ3) is 2.80. The monoisotopic (exact) mass is 332 g/mol. The molecule has 128 valence electrons. The van der Waals surface area contributed by atoms with Crippen LogP contribution in [0.25, 0.3) is 0 Å². The Morgan fingerprint density at radius 3 is 2.40 bits per heavy atom. The van der Waals surface area contributed by atoms with Crippen LogP contribution in [0.4, 0.5) is 0 Å². The molecule has 0 saturated heterocycles. The van der Waals surface area contributed by atoms with Gasteiger partial charge in [-0.15, -0.1) is 0 Å². The first-order valence-corrected chi connectivity index (χ1v) is 9.19. The van der Waals surface area contributed by atoms with Crippen LogP contribution in [0.15, 0.2) is 72.0 Å². The first-order valence-electron chi connectivity index (χ1n) is 9.19. The summed E-state index contributed by atoms with van der Waals surface area (Å²) in [5, 5.41) is 0. The first-order chi connectivity index (χ1) is 12.2. The Kier molecular flexibility index (Phi) is 4.20. The number of benzene rings is 2. The van der Waals surface area contributed by atoms with Crippen LogP contribution in [0.3, 0.4) is 0 Å². The average molecular weight is 332 g/mol. The third-order valence-electron chi connectivity index (χ3n) is 5.82. The summed E-state index contributed by atoms with van der Waals surface area (Å²) in [6.07, 6.45) is 4.38. The van der Waals surface area contributed by atoms with Crippen molar-refractivity contribution in [2.75, 3.05) is 0 Å². The third-order valence-corrected chi connectivity index (χ3v) is 5.82. The summed E-state index contributed by atoms with van der Waals surface area (Å²) in [7, 11) is 0. The quantitative estimate of drug-likeness (QED) is 0.749. The maximum absolute atomic E-state index is 13.3. The molecule has 2 atom stereocenters. The zero-order chi connectivity index (χ0) is 17.3. The van der Waals surface area contributed by atoms with Gasteiger partial charge in [-0.3, -0.25) is 4.79 Å². The van der Waals surface area contributed by atoms with Crippen molar-refractivity contribution in [3.8, 4) is 0 Å². The molecule has 25 heavy (non-hydrogen) atoms. The van der Waals surface area contributed by atoms with E-state index >= 15 is 0 Å². The number of carbonyl (C=O) groups excluding carboxylic acids is 1. The van der Waals surface area contributed by atoms with Gasteiger partial charge in [-0.1, -0.05) is 74.0 Å². The second-order valence-corrected chi connectivity index (χ2v) is 7.41. The highest BCUT2D eigenvalue weighted by atomic mass is 16.5. The molecule has 2 aliphatic carbocycles. The van der Waals surface area contributed by atoms with Crippen LogP contribution in [-0.4, -0.2) is 5.78 Å². The van der Waals surface area contributed by atoms with E-state index in [1.807, 2.05) is 48.5 Å². The summed E-state index contributed by atoms with van der Waals surface area (Å²) in [6, 6.07) is 20.3. The smallest absolute Gasteiger partial charge is 0.205 e. The highest BCUT2D eigenvalue weighted by molar-refractivity contribution is 6.03. The van der Waals surface area contributed by atoms with Crippen molar-refractivity contribution in [1.82, 2.24) is 0 Å². The molecule has 0 N–H and O–H groups in total. The molecule has 4 rings (SSSR count). The number of ether oxygens (including phenoxy) is 1. The topological polar surface area (TPSA) is 26.3 Å². The molecule has 1 saturated carbocycles. The van der Waals surface area contributed by atoms with Gasteiger partial charge in [-0.05, 0) is 36.0 Å². The fraction of sp³-hybridized carbons (Fsp3) is 0.348. The summed E-state index contributed by atoms with van der Waals surface area (Å²) in [5.41, 5.74) is 3.37. The standard InChI is InChI=1S/C23H24O2/c1-23-15-9-8-14-19(23)22(25-16-17-10-4-2-5-11-17)21(24)20(23)18-12-6-3-7-13-18/h2-7,10-13,20H,8-9,14-16H2,1H3/t20-,23+/m0/s1. The number of hydrogen-bond acceptors (Lipinski definition) is 2. The number of hydrogen-bond donors (Lipinski definition) is 0. The number of Topliss-reactive ketones (excluding diaryl/α,β-unsaturated/α-hetero) is 1. The lowest BCUT2D eigenvalue weighted by Gasteiger charge is -2.37. The maximum atomic E-state index is 13.3. The van der Waals surface area contributed by atoms with E-state index in [0.29, 0.717) is 12.4 Å². The van der Waals surface area contributed by atoms with E-state index in [0.717, 1.165) is 30.4 Å². The molecular weight excluding hydrogens is 308 g/mol. The van der Waals surface area contributed by atoms with Gasteiger partial charge in [0.05, 0.1) is 5.92 Å². The molecule has 1 fully saturated rings. The predicted molar refractivity (Wildman–Crippen MR) is 99.0 cm³/mol. The molecule has 0 radical (unpaired) electrons. The van der Waals surface area contributed by atoms with Crippen LogP contribution < -0.4 is 0 Å². The Labute approximate surface area is 149 Å². The van der Waals surface area contributed by atoms with Crippen molar-refractivity contribution >= 4 is 5.78 Å². The molecule has 2 aliphatic rings. The van der Waals surface area contributed by atoms with Crippen molar-refractivity contribution in [2.45, 2.75) is 45.1 Å². The number of rotatable bonds is 4. The highest BCUT2D eigenvalue weighted by Crippen LogP contribution is 2.57. The maximum Gasteiger partial charge on any atom is 0.205 e. The zero-order valence-corrected chi connectivity index (χ0v) is 14.7. The Morgan fingerprint density at radius 2 is 1.68 bits per heavy atom. The average Bonchev–Trinajstić information content (AvgIpc) is 2.87. The first kappa shape index (κ1) is 16.1. The Hall–Kier alpha value is -2.35. The molecule has 0 amide bonds. The fourth-order valence-electron chi connectivity index (χ4n) is 4.54. The minimum absolute atomic E-state index is 0.0945. The minimum Gasteiger partial charge on any atom is -0.485 e. The molecule has 0 unspecified atom stereocenters. The predicted octanol–water partition coefficient (Wildman–Crippen LogP) is 5.40. The molecule has 0 aliphatic heterocycles. The van der Waals surface area contributed by atoms with Crippen molar-refractivity contribution in [3.05, 3.63) is 83.1 Å². The Balaban J connectivity index is 1.67. The second kappa shape index (κ2) is 6.51. The summed E-state index contributed by atoms with van der Waals surface area (Å²) in [6.45, 7) is 2.72. The summed E-state index contributed by atoms with van der Waals surface area (Å²) < 4.78 is 6.12. The molecule has 0 heterocycles. The van der Waals surface area contributed by atoms with E-state index in [-0.39, 0.29) is 17.1 Å². The van der Waals surface area contributed by atoms with Gasteiger partial charge in [0.25, 0.3) is 0 Å². The summed E-state index contributed by atoms with van der Waals surface area (Å²) in [5.74, 6) is 0.705. The molecule has 2 nitrogen and oxygen atoms in total. The highest BCUT2D eigenvalue weighted by Gasteiger charge is 2.52. The van der Waals surface area contributed by atoms with Crippen LogP contribution in [0.5, 0.6) is 0 Å². The SMILES string of the molecule is C[C@@]12CCCCC1=C(OCc1ccccc1)C(=O)[C@@H]2c1ccccc1. The van der Waals surface area contributed by atoms with Crippen molar-refractivity contribution < 1.29 is 9.53 Å². The zero-order valence-electron chi connectivity index (χ0n) is 14.7. The van der Waals surface area contributed by atoms with E-state index < -0.39 is 0 Å². The lowest BCUT2D eigenvalue weighted by atomic mass is 9.65. The molecule has 0 aromatic heterocycles. The largest absolute Gasteiger partial charge is 0.485 e. The van der Waals surface area contributed by atoms with Gasteiger partial charge >= 0.3 is 0 Å². The number of allylic oxidation sites excluding steroid dienone is 2. The summed E-state index contributed by atoms with van der Waals surface area (Å²) in [4.78, 5) is 13.3. The molecule has 2 aromatic carbocycles. The van der Waals surface area contributed by atoms with E-state index in [1.54, 1.807) is 0 Å². The number of carbonyl (C=O) groups is 1. The van der Waals surface area contributed by atoms with Crippen molar-refractivity contribution in [3.63, 3.8) is 0 Å². The number of ketones is 1. The van der Waals surface area contributed by atoms with Gasteiger partial charge in [0.1, 0.15) is 6.61 Å². The number of fused-ring (bicyclic) bond motifs is 1. The van der Waals surface area contributed by atoms with Gasteiger partial charge in [0.2, 0.25) is 5.78 Å². The summed E-state index contributed by atoms with van der Waals surface area (Å²) >= 11 is 0. The van der Waals surface area contributed by atoms with Gasteiger partial charge in [-0.25, -0.2) is 0 Å². The van der Waals surface area contributed by atoms with Crippen molar-refractivity contribution in [1.29, 1.82) is 0 Å². The lowest BCUT2D eigenvalue weighted by molar-refractivity contribution is -0.120. The van der Waals surface area contributed by atoms with E-state index in [2.05, 4.69) is 19.1 Å². The van der Waals surface area contributed by atoms with Gasteiger partial charge in [0, 0.05) is 5.41 Å². The van der Waals surface area contributed by atoms with Crippen LogP contribution in [0, 0.1) is 5.41 Å². The van der Waals surface area contributed by atoms with Crippen LogP contribution in [0.1, 0.15) is 49.7 Å². The Bertz CT molecular complexity index is 791. The molecule has 0 bridgehead atoms. The van der Waals surface area contributed by atoms with Crippen LogP contribution in [0.2, 0.25) is 0 Å². The van der Waals surface area contributed by atoms with Gasteiger partial charge in [0.15, 0.2) is 5.76 Å². The van der Waals surface area contributed by atoms with Gasteiger partial charge in [-0.2, -0.15) is 0 Å². The Morgan fingerprint density at radius 1 is 1.00 bits per heavy atom. The molecule has 2 aromatic rings. The normalized spacial score (nSPS) is 25.8. The van der Waals surface area contributed by atoms with Crippen molar-refractivity contribution in [2.24, 2.45) is 5.41 Å². The molecule has 2 heteroatoms.